The fourth-order valence-corrected chi connectivity index (χ4v) is 3.89. The molecular weight excluding hydrogens is 455 g/mol. The molecule has 2 atom stereocenters. The minimum Gasteiger partial charge on any atom is -0.481 e. The monoisotopic (exact) mass is 478 g/mol. The van der Waals surface area contributed by atoms with E-state index in [-0.39, 0.29) is 23.3 Å². The van der Waals surface area contributed by atoms with Crippen molar-refractivity contribution in [1.82, 2.24) is 20.5 Å². The maximum absolute atomic E-state index is 13.5. The Morgan fingerprint density at radius 3 is 2.49 bits per heavy atom. The summed E-state index contributed by atoms with van der Waals surface area (Å²) >= 11 is 0. The molecule has 0 spiro atoms. The zero-order chi connectivity index (χ0) is 24.9. The van der Waals surface area contributed by atoms with Gasteiger partial charge in [-0.05, 0) is 65.1 Å². The summed E-state index contributed by atoms with van der Waals surface area (Å²) in [7, 11) is 0. The zero-order valence-electron chi connectivity index (χ0n) is 18.5. The van der Waals surface area contributed by atoms with Crippen molar-refractivity contribution in [2.45, 2.75) is 18.9 Å². The van der Waals surface area contributed by atoms with E-state index in [1.807, 2.05) is 24.3 Å². The van der Waals surface area contributed by atoms with Gasteiger partial charge in [0.2, 0.25) is 0 Å². The highest BCUT2D eigenvalue weighted by atomic mass is 19.1. The molecule has 0 aliphatic heterocycles. The number of hydrogen-bond donors (Lipinski definition) is 4. The third-order valence-corrected chi connectivity index (χ3v) is 5.76. The fourth-order valence-electron chi connectivity index (χ4n) is 3.89. The largest absolute Gasteiger partial charge is 0.481 e. The molecule has 180 valence electrons. The van der Waals surface area contributed by atoms with Crippen LogP contribution in [0.15, 0.2) is 66.7 Å². The van der Waals surface area contributed by atoms with Gasteiger partial charge in [0, 0.05) is 11.6 Å². The molecule has 1 heterocycles. The molecule has 0 radical (unpaired) electrons. The molecule has 4 rings (SSSR count). The molecular formula is C25H23FN4O5. The fraction of sp³-hybridized carbons (Fsp3) is 0.200. The highest BCUT2D eigenvalue weighted by molar-refractivity contribution is 5.97. The van der Waals surface area contributed by atoms with Gasteiger partial charge in [0.25, 0.3) is 5.91 Å². The third kappa shape index (κ3) is 5.61. The number of benzene rings is 3. The molecule has 10 heteroatoms. The molecule has 9 nitrogen and oxygen atoms in total. The van der Waals surface area contributed by atoms with Crippen LogP contribution in [0.5, 0.6) is 0 Å². The lowest BCUT2D eigenvalue weighted by atomic mass is 9.94. The molecule has 0 bridgehead atoms. The Morgan fingerprint density at radius 1 is 1.03 bits per heavy atom. The minimum atomic E-state index is -1.16. The quantitative estimate of drug-likeness (QED) is 0.271. The number of amides is 1. The van der Waals surface area contributed by atoms with Crippen molar-refractivity contribution in [1.29, 1.82) is 0 Å². The maximum atomic E-state index is 13.5. The van der Waals surface area contributed by atoms with Crippen LogP contribution in [0.1, 0.15) is 22.3 Å². The number of aliphatic hydroxyl groups is 1. The normalized spacial score (nSPS) is 12.9. The molecule has 0 aliphatic carbocycles. The predicted octanol–water partition coefficient (Wildman–Crippen LogP) is 2.90. The lowest BCUT2D eigenvalue weighted by Gasteiger charge is -2.22. The number of aliphatic hydroxyl groups excluding tert-OH is 1. The number of aliphatic carboxylic acids is 1. The predicted molar refractivity (Wildman–Crippen MR) is 124 cm³/mol. The van der Waals surface area contributed by atoms with E-state index in [0.29, 0.717) is 16.8 Å². The van der Waals surface area contributed by atoms with Gasteiger partial charge >= 0.3 is 5.97 Å². The summed E-state index contributed by atoms with van der Waals surface area (Å²) in [6.07, 6.45) is 0.311. The second kappa shape index (κ2) is 10.3. The highest BCUT2D eigenvalue weighted by Gasteiger charge is 2.24. The highest BCUT2D eigenvalue weighted by Crippen LogP contribution is 2.22. The van der Waals surface area contributed by atoms with Gasteiger partial charge in [0.05, 0.1) is 12.5 Å². The van der Waals surface area contributed by atoms with Crippen LogP contribution in [0.3, 0.4) is 0 Å². The molecule has 0 saturated heterocycles. The van der Waals surface area contributed by atoms with E-state index < -0.39 is 30.4 Å². The van der Waals surface area contributed by atoms with Crippen LogP contribution >= 0.6 is 0 Å². The molecule has 3 aromatic carbocycles. The van der Waals surface area contributed by atoms with Gasteiger partial charge < -0.3 is 20.7 Å². The van der Waals surface area contributed by atoms with Gasteiger partial charge in [0.1, 0.15) is 16.9 Å². The van der Waals surface area contributed by atoms with Gasteiger partial charge in [-0.2, -0.15) is 0 Å². The van der Waals surface area contributed by atoms with Crippen LogP contribution in [0.2, 0.25) is 0 Å². The number of carboxylic acids is 1. The second-order valence-corrected chi connectivity index (χ2v) is 8.22. The van der Waals surface area contributed by atoms with Crippen molar-refractivity contribution in [2.75, 3.05) is 6.61 Å². The van der Waals surface area contributed by atoms with Crippen molar-refractivity contribution < 1.29 is 29.4 Å². The number of aromatic nitrogens is 3. The first-order chi connectivity index (χ1) is 16.8. The standard InChI is InChI=1S/C25H23FN4O5/c26-20-3-1-2-17(11-20)16-6-4-15(5-7-16)10-21(12-19(14-31)25(33)34)27-24(32)18-8-9-22-23(13-18)30(35)29-28-22/h1-9,11,13,19,21,31,35H,10,12,14H2,(H,27,32)(H,33,34). The summed E-state index contributed by atoms with van der Waals surface area (Å²) in [6, 6.07) is 17.4. The number of rotatable bonds is 9. The molecule has 4 N–H and O–H groups in total. The molecule has 1 aromatic heterocycles. The van der Waals surface area contributed by atoms with Gasteiger partial charge in [-0.3, -0.25) is 9.59 Å². The average Bonchev–Trinajstić information content (AvgIpc) is 3.22. The molecule has 35 heavy (non-hydrogen) atoms. The van der Waals surface area contributed by atoms with E-state index in [4.69, 9.17) is 0 Å². The Hall–Kier alpha value is -4.31. The Kier molecular flexibility index (Phi) is 7.02. The Bertz CT molecular complexity index is 1360. The topological polar surface area (TPSA) is 138 Å². The smallest absolute Gasteiger partial charge is 0.308 e. The van der Waals surface area contributed by atoms with Gasteiger partial charge in [0.15, 0.2) is 0 Å². The van der Waals surface area contributed by atoms with Crippen LogP contribution in [-0.2, 0) is 11.2 Å². The summed E-state index contributed by atoms with van der Waals surface area (Å²) in [4.78, 5) is 25.0. The van der Waals surface area contributed by atoms with Gasteiger partial charge in [-0.1, -0.05) is 41.2 Å². The van der Waals surface area contributed by atoms with E-state index in [2.05, 4.69) is 15.6 Å². The number of carbonyl (C=O) groups is 2. The third-order valence-electron chi connectivity index (χ3n) is 5.76. The number of nitrogens with zero attached hydrogens (tertiary/aromatic N) is 3. The number of hydrogen-bond acceptors (Lipinski definition) is 6. The number of fused-ring (bicyclic) bond motifs is 1. The van der Waals surface area contributed by atoms with Crippen molar-refractivity contribution in [3.63, 3.8) is 0 Å². The van der Waals surface area contributed by atoms with Crippen LogP contribution in [0.4, 0.5) is 4.39 Å². The second-order valence-electron chi connectivity index (χ2n) is 8.22. The lowest BCUT2D eigenvalue weighted by molar-refractivity contribution is -0.143. The summed E-state index contributed by atoms with van der Waals surface area (Å²) in [6.45, 7) is -0.568. The molecule has 0 saturated carbocycles. The first-order valence-electron chi connectivity index (χ1n) is 10.9. The van der Waals surface area contributed by atoms with Crippen LogP contribution < -0.4 is 5.32 Å². The summed E-state index contributed by atoms with van der Waals surface area (Å²) in [5, 5.41) is 38.7. The van der Waals surface area contributed by atoms with E-state index in [0.717, 1.165) is 16.7 Å². The van der Waals surface area contributed by atoms with Crippen molar-refractivity contribution in [3.8, 4) is 11.1 Å². The first-order valence-corrected chi connectivity index (χ1v) is 10.9. The molecule has 1 amide bonds. The summed E-state index contributed by atoms with van der Waals surface area (Å²) in [5.41, 5.74) is 3.25. The molecule has 0 fully saturated rings. The van der Waals surface area contributed by atoms with Crippen LogP contribution in [0, 0.1) is 11.7 Å². The lowest BCUT2D eigenvalue weighted by Crippen LogP contribution is -2.39. The van der Waals surface area contributed by atoms with Crippen molar-refractivity contribution >= 4 is 22.9 Å². The molecule has 4 aromatic rings. The first kappa shape index (κ1) is 23.8. The van der Waals surface area contributed by atoms with E-state index in [1.54, 1.807) is 12.1 Å². The molecule has 0 aliphatic rings. The van der Waals surface area contributed by atoms with E-state index in [9.17, 15) is 29.4 Å². The number of carbonyl (C=O) groups excluding carboxylic acids is 1. The molecule has 2 unspecified atom stereocenters. The van der Waals surface area contributed by atoms with Crippen LogP contribution in [0.25, 0.3) is 22.2 Å². The Balaban J connectivity index is 1.54. The summed E-state index contributed by atoms with van der Waals surface area (Å²) < 4.78 is 13.5. The maximum Gasteiger partial charge on any atom is 0.308 e. The minimum absolute atomic E-state index is 0.00491. The zero-order valence-corrected chi connectivity index (χ0v) is 18.5. The van der Waals surface area contributed by atoms with E-state index in [1.165, 1.54) is 30.3 Å². The van der Waals surface area contributed by atoms with Gasteiger partial charge in [-0.15, -0.1) is 5.10 Å². The number of halogens is 1. The van der Waals surface area contributed by atoms with Crippen molar-refractivity contribution in [3.05, 3.63) is 83.7 Å². The van der Waals surface area contributed by atoms with Gasteiger partial charge in [-0.25, -0.2) is 4.39 Å². The SMILES string of the molecule is O=C(NC(Cc1ccc(-c2cccc(F)c2)cc1)CC(CO)C(=O)O)c1ccc2nnn(O)c2c1. The van der Waals surface area contributed by atoms with Crippen molar-refractivity contribution in [2.24, 2.45) is 5.92 Å². The Morgan fingerprint density at radius 2 is 1.80 bits per heavy atom. The number of nitrogens with one attached hydrogen (secondary N) is 1. The number of carboxylic acid groups (broad SMARTS) is 1. The van der Waals surface area contributed by atoms with Crippen LogP contribution in [-0.4, -0.2) is 55.1 Å². The van der Waals surface area contributed by atoms with E-state index >= 15 is 0 Å². The summed E-state index contributed by atoms with van der Waals surface area (Å²) in [5.74, 6) is -3.03. The Labute approximate surface area is 199 Å². The average molecular weight is 478 g/mol.